The summed E-state index contributed by atoms with van der Waals surface area (Å²) in [4.78, 5) is 4.89. The van der Waals surface area contributed by atoms with Crippen molar-refractivity contribution in [3.05, 3.63) is 0 Å². The summed E-state index contributed by atoms with van der Waals surface area (Å²) >= 11 is 0. The summed E-state index contributed by atoms with van der Waals surface area (Å²) in [5.74, 6) is 0. The highest BCUT2D eigenvalue weighted by molar-refractivity contribution is 4.81. The Kier molecular flexibility index (Phi) is 3.85. The maximum absolute atomic E-state index is 2.59. The van der Waals surface area contributed by atoms with Crippen LogP contribution in [-0.4, -0.2) is 85.3 Å². The topological polar surface area (TPSA) is 13.0 Å². The van der Waals surface area contributed by atoms with Crippen LogP contribution in [0.3, 0.4) is 0 Å². The molecule has 2 saturated heterocycles. The van der Waals surface area contributed by atoms with Crippen LogP contribution in [-0.2, 0) is 0 Å². The fourth-order valence-electron chi connectivity index (χ4n) is 2.81. The largest absolute Gasteiger partial charge is 0.303 e. The number of likely N-dealkylation sites (N-methyl/N-ethyl adjacent to an activating group) is 2. The molecule has 0 aliphatic carbocycles. The summed E-state index contributed by atoms with van der Waals surface area (Å²) in [6.07, 6.45) is 0. The minimum absolute atomic E-state index is 0.661. The first kappa shape index (κ1) is 12.3. The Morgan fingerprint density at radius 2 is 1.56 bits per heavy atom. The monoisotopic (exact) mass is 226 g/mol. The maximum atomic E-state index is 2.59. The van der Waals surface area contributed by atoms with Crippen LogP contribution < -0.4 is 0 Å². The SMILES string of the molecule is CC1CN(N2CCN(C)C[C@@H]2C)CCN1C. The van der Waals surface area contributed by atoms with Crippen molar-refractivity contribution in [2.45, 2.75) is 25.9 Å². The van der Waals surface area contributed by atoms with Gasteiger partial charge in [-0.2, -0.15) is 0 Å². The number of nitrogens with zero attached hydrogens (tertiary/aromatic N) is 4. The molecule has 0 bridgehead atoms. The van der Waals surface area contributed by atoms with Crippen molar-refractivity contribution in [2.24, 2.45) is 0 Å². The molecule has 0 aromatic rings. The fraction of sp³-hybridized carbons (Fsp3) is 1.00. The van der Waals surface area contributed by atoms with Crippen molar-refractivity contribution in [2.75, 3.05) is 53.4 Å². The molecule has 1 unspecified atom stereocenters. The van der Waals surface area contributed by atoms with E-state index in [1.807, 2.05) is 0 Å². The summed E-state index contributed by atoms with van der Waals surface area (Å²) in [6, 6.07) is 1.34. The predicted octanol–water partition coefficient (Wildman–Crippen LogP) is 0.173. The van der Waals surface area contributed by atoms with Crippen LogP contribution in [0.15, 0.2) is 0 Å². The van der Waals surface area contributed by atoms with Crippen LogP contribution >= 0.6 is 0 Å². The molecule has 4 nitrogen and oxygen atoms in total. The zero-order chi connectivity index (χ0) is 11.7. The highest BCUT2D eigenvalue weighted by Gasteiger charge is 2.30. The van der Waals surface area contributed by atoms with Crippen LogP contribution in [0.25, 0.3) is 0 Å². The van der Waals surface area contributed by atoms with E-state index < -0.39 is 0 Å². The first-order chi connectivity index (χ1) is 7.58. The van der Waals surface area contributed by atoms with Crippen molar-refractivity contribution in [1.29, 1.82) is 0 Å². The second-order valence-electron chi connectivity index (χ2n) is 5.52. The lowest BCUT2D eigenvalue weighted by Crippen LogP contribution is -2.63. The van der Waals surface area contributed by atoms with Crippen molar-refractivity contribution in [1.82, 2.24) is 19.8 Å². The molecule has 0 spiro atoms. The van der Waals surface area contributed by atoms with E-state index in [9.17, 15) is 0 Å². The lowest BCUT2D eigenvalue weighted by Gasteiger charge is -2.48. The molecule has 16 heavy (non-hydrogen) atoms. The number of hydrogen-bond acceptors (Lipinski definition) is 4. The minimum atomic E-state index is 0.661. The van der Waals surface area contributed by atoms with Crippen molar-refractivity contribution in [3.63, 3.8) is 0 Å². The first-order valence-corrected chi connectivity index (χ1v) is 6.48. The molecule has 94 valence electrons. The Balaban J connectivity index is 1.92. The molecule has 2 atom stereocenters. The van der Waals surface area contributed by atoms with E-state index in [4.69, 9.17) is 0 Å². The molecule has 0 saturated carbocycles. The predicted molar refractivity (Wildman–Crippen MR) is 67.3 cm³/mol. The maximum Gasteiger partial charge on any atom is 0.0345 e. The van der Waals surface area contributed by atoms with Gasteiger partial charge in [0, 0.05) is 51.4 Å². The number of piperazine rings is 2. The third-order valence-corrected chi connectivity index (χ3v) is 4.10. The number of hydrazine groups is 1. The van der Waals surface area contributed by atoms with Gasteiger partial charge in [0.05, 0.1) is 0 Å². The molecular weight excluding hydrogens is 200 g/mol. The average molecular weight is 226 g/mol. The number of hydrogen-bond donors (Lipinski definition) is 0. The fourth-order valence-corrected chi connectivity index (χ4v) is 2.81. The van der Waals surface area contributed by atoms with Crippen molar-refractivity contribution < 1.29 is 0 Å². The molecule has 0 aromatic heterocycles. The standard InChI is InChI=1S/C12H26N4/c1-11-10-15(7-6-14(11)4)16-8-5-13(3)9-12(16)2/h11-12H,5-10H2,1-4H3/t11?,12-/m0/s1. The molecular formula is C12H26N4. The van der Waals surface area contributed by atoms with Crippen LogP contribution in [0.4, 0.5) is 0 Å². The summed E-state index contributed by atoms with van der Waals surface area (Å²) in [6.45, 7) is 11.8. The van der Waals surface area contributed by atoms with Crippen LogP contribution in [0, 0.1) is 0 Å². The Morgan fingerprint density at radius 3 is 2.19 bits per heavy atom. The zero-order valence-electron chi connectivity index (χ0n) is 11.2. The quantitative estimate of drug-likeness (QED) is 0.632. The van der Waals surface area contributed by atoms with Gasteiger partial charge < -0.3 is 9.80 Å². The Bertz CT molecular complexity index is 233. The summed E-state index contributed by atoms with van der Waals surface area (Å²) in [5.41, 5.74) is 0. The van der Waals surface area contributed by atoms with E-state index in [0.717, 1.165) is 0 Å². The molecule has 0 aromatic carbocycles. The summed E-state index contributed by atoms with van der Waals surface area (Å²) in [5, 5.41) is 5.16. The van der Waals surface area contributed by atoms with Gasteiger partial charge in [-0.25, -0.2) is 10.0 Å². The number of rotatable bonds is 1. The smallest absolute Gasteiger partial charge is 0.0345 e. The molecule has 2 fully saturated rings. The van der Waals surface area contributed by atoms with E-state index >= 15 is 0 Å². The average Bonchev–Trinajstić information content (AvgIpc) is 2.22. The third-order valence-electron chi connectivity index (χ3n) is 4.10. The molecule has 4 heteroatoms. The van der Waals surface area contributed by atoms with Crippen LogP contribution in [0.5, 0.6) is 0 Å². The van der Waals surface area contributed by atoms with Gasteiger partial charge in [-0.15, -0.1) is 0 Å². The Labute approximate surface area is 99.8 Å². The lowest BCUT2D eigenvalue weighted by molar-refractivity contribution is -0.115. The molecule has 0 radical (unpaired) electrons. The minimum Gasteiger partial charge on any atom is -0.303 e. The van der Waals surface area contributed by atoms with Crippen LogP contribution in [0.1, 0.15) is 13.8 Å². The molecule has 2 aliphatic heterocycles. The van der Waals surface area contributed by atoms with Gasteiger partial charge in [0.1, 0.15) is 0 Å². The van der Waals surface area contributed by atoms with E-state index in [0.29, 0.717) is 12.1 Å². The molecule has 2 heterocycles. The van der Waals surface area contributed by atoms with Crippen molar-refractivity contribution in [3.8, 4) is 0 Å². The van der Waals surface area contributed by atoms with E-state index in [-0.39, 0.29) is 0 Å². The first-order valence-electron chi connectivity index (χ1n) is 6.48. The second-order valence-corrected chi connectivity index (χ2v) is 5.52. The van der Waals surface area contributed by atoms with Crippen molar-refractivity contribution >= 4 is 0 Å². The Morgan fingerprint density at radius 1 is 0.812 bits per heavy atom. The Hall–Kier alpha value is -0.160. The summed E-state index contributed by atoms with van der Waals surface area (Å²) < 4.78 is 0. The van der Waals surface area contributed by atoms with Crippen LogP contribution in [0.2, 0.25) is 0 Å². The third kappa shape index (κ3) is 2.56. The zero-order valence-corrected chi connectivity index (χ0v) is 11.2. The molecule has 2 aliphatic rings. The lowest BCUT2D eigenvalue weighted by atomic mass is 10.2. The van der Waals surface area contributed by atoms with E-state index in [2.05, 4.69) is 47.8 Å². The van der Waals surface area contributed by atoms with Gasteiger partial charge in [0.25, 0.3) is 0 Å². The van der Waals surface area contributed by atoms with E-state index in [1.54, 1.807) is 0 Å². The molecule has 2 rings (SSSR count). The van der Waals surface area contributed by atoms with Gasteiger partial charge in [-0.05, 0) is 27.9 Å². The van der Waals surface area contributed by atoms with Gasteiger partial charge in [-0.1, -0.05) is 0 Å². The normalized spacial score (nSPS) is 36.8. The van der Waals surface area contributed by atoms with Gasteiger partial charge >= 0.3 is 0 Å². The van der Waals surface area contributed by atoms with Gasteiger partial charge in [-0.3, -0.25) is 0 Å². The highest BCUT2D eigenvalue weighted by atomic mass is 15.7. The van der Waals surface area contributed by atoms with Gasteiger partial charge in [0.2, 0.25) is 0 Å². The highest BCUT2D eigenvalue weighted by Crippen LogP contribution is 2.15. The molecule has 0 amide bonds. The second kappa shape index (κ2) is 5.00. The molecule has 0 N–H and O–H groups in total. The van der Waals surface area contributed by atoms with Gasteiger partial charge in [0.15, 0.2) is 0 Å². The summed E-state index contributed by atoms with van der Waals surface area (Å²) in [7, 11) is 4.45. The van der Waals surface area contributed by atoms with E-state index in [1.165, 1.54) is 39.3 Å².